The van der Waals surface area contributed by atoms with Gasteiger partial charge >= 0.3 is 0 Å². The quantitative estimate of drug-likeness (QED) is 0.302. The van der Waals surface area contributed by atoms with Gasteiger partial charge in [0.1, 0.15) is 16.7 Å². The SMILES string of the molecule is CC(C)(C)c1cc(C(C)(C)C)c(NC(=O)c2c[nH]c3c(Br)ccc([N+](=O)[O-])c3c2=O)cc1O. The summed E-state index contributed by atoms with van der Waals surface area (Å²) in [6, 6.07) is 6.01. The summed E-state index contributed by atoms with van der Waals surface area (Å²) in [7, 11) is 0. The average Bonchev–Trinajstić information content (AvgIpc) is 2.66. The van der Waals surface area contributed by atoms with Crippen molar-refractivity contribution in [2.24, 2.45) is 0 Å². The third-order valence-electron chi connectivity index (χ3n) is 5.41. The summed E-state index contributed by atoms with van der Waals surface area (Å²) in [6.45, 7) is 11.9. The number of nitro benzene ring substituents is 1. The predicted molar refractivity (Wildman–Crippen MR) is 132 cm³/mol. The molecule has 33 heavy (non-hydrogen) atoms. The summed E-state index contributed by atoms with van der Waals surface area (Å²) < 4.78 is 0.463. The van der Waals surface area contributed by atoms with Gasteiger partial charge in [0.2, 0.25) is 5.43 Å². The maximum Gasteiger partial charge on any atom is 0.282 e. The molecule has 0 radical (unpaired) electrons. The topological polar surface area (TPSA) is 125 Å². The Morgan fingerprint density at radius 2 is 1.70 bits per heavy atom. The Hall–Kier alpha value is -3.20. The van der Waals surface area contributed by atoms with Crippen LogP contribution in [-0.2, 0) is 10.8 Å². The average molecular weight is 516 g/mol. The molecule has 0 fully saturated rings. The molecule has 0 aliphatic rings. The van der Waals surface area contributed by atoms with Crippen LogP contribution in [0.4, 0.5) is 11.4 Å². The van der Waals surface area contributed by atoms with Crippen molar-refractivity contribution in [2.45, 2.75) is 52.4 Å². The van der Waals surface area contributed by atoms with E-state index in [0.717, 1.165) is 11.1 Å². The minimum Gasteiger partial charge on any atom is -0.508 e. The van der Waals surface area contributed by atoms with E-state index in [0.29, 0.717) is 10.2 Å². The molecule has 0 atom stereocenters. The van der Waals surface area contributed by atoms with Crippen LogP contribution in [0, 0.1) is 10.1 Å². The first-order valence-corrected chi connectivity index (χ1v) is 11.1. The van der Waals surface area contributed by atoms with Crippen molar-refractivity contribution in [3.8, 4) is 5.75 Å². The Kier molecular flexibility index (Phi) is 6.14. The highest BCUT2D eigenvalue weighted by Gasteiger charge is 2.27. The highest BCUT2D eigenvalue weighted by atomic mass is 79.9. The molecule has 9 heteroatoms. The van der Waals surface area contributed by atoms with Crippen LogP contribution in [0.15, 0.2) is 39.7 Å². The van der Waals surface area contributed by atoms with Gasteiger partial charge in [-0.1, -0.05) is 41.5 Å². The zero-order valence-electron chi connectivity index (χ0n) is 19.3. The first kappa shape index (κ1) is 24.4. The number of H-pyrrole nitrogens is 1. The molecule has 1 amide bonds. The number of hydrogen-bond acceptors (Lipinski definition) is 5. The van der Waals surface area contributed by atoms with Crippen molar-refractivity contribution in [1.82, 2.24) is 4.98 Å². The molecule has 8 nitrogen and oxygen atoms in total. The number of rotatable bonds is 3. The summed E-state index contributed by atoms with van der Waals surface area (Å²) in [4.78, 5) is 39.9. The fourth-order valence-electron chi connectivity index (χ4n) is 3.71. The fourth-order valence-corrected chi connectivity index (χ4v) is 4.15. The van der Waals surface area contributed by atoms with Crippen LogP contribution in [0.1, 0.15) is 63.0 Å². The summed E-state index contributed by atoms with van der Waals surface area (Å²) in [5.41, 5.74) is -0.0327. The van der Waals surface area contributed by atoms with Crippen molar-refractivity contribution in [3.63, 3.8) is 0 Å². The van der Waals surface area contributed by atoms with Crippen LogP contribution in [0.25, 0.3) is 10.9 Å². The zero-order valence-corrected chi connectivity index (χ0v) is 20.9. The second-order valence-electron chi connectivity index (χ2n) is 9.97. The number of fused-ring (bicyclic) bond motifs is 1. The standard InChI is InChI=1S/C24H26BrN3O5/c1-23(2,3)13-9-14(24(4,5)6)18(29)10-16(13)27-22(31)12-11-26-20-15(25)7-8-17(28(32)33)19(20)21(12)30/h7-11,29H,1-6H3,(H,26,30)(H,27,31). The lowest BCUT2D eigenvalue weighted by Gasteiger charge is -2.28. The minimum atomic E-state index is -0.762. The lowest BCUT2D eigenvalue weighted by Crippen LogP contribution is -2.25. The Morgan fingerprint density at radius 3 is 2.24 bits per heavy atom. The van der Waals surface area contributed by atoms with E-state index in [4.69, 9.17) is 0 Å². The maximum absolute atomic E-state index is 13.1. The van der Waals surface area contributed by atoms with E-state index in [1.807, 2.05) is 47.6 Å². The smallest absolute Gasteiger partial charge is 0.282 e. The van der Waals surface area contributed by atoms with Crippen LogP contribution in [0.3, 0.4) is 0 Å². The van der Waals surface area contributed by atoms with Gasteiger partial charge in [-0.3, -0.25) is 19.7 Å². The molecule has 0 spiro atoms. The highest BCUT2D eigenvalue weighted by Crippen LogP contribution is 2.39. The highest BCUT2D eigenvalue weighted by molar-refractivity contribution is 9.10. The van der Waals surface area contributed by atoms with Gasteiger partial charge in [0.15, 0.2) is 0 Å². The van der Waals surface area contributed by atoms with Gasteiger partial charge in [0.25, 0.3) is 11.6 Å². The summed E-state index contributed by atoms with van der Waals surface area (Å²) in [5.74, 6) is -0.710. The predicted octanol–water partition coefficient (Wildman–Crippen LogP) is 5.75. The van der Waals surface area contributed by atoms with Crippen LogP contribution in [0.5, 0.6) is 5.75 Å². The molecule has 174 valence electrons. The first-order chi connectivity index (χ1) is 15.1. The summed E-state index contributed by atoms with van der Waals surface area (Å²) in [6.07, 6.45) is 1.23. The number of aromatic hydroxyl groups is 1. The van der Waals surface area contributed by atoms with E-state index in [-0.39, 0.29) is 33.0 Å². The number of hydrogen-bond donors (Lipinski definition) is 3. The molecule has 1 aromatic heterocycles. The Morgan fingerprint density at radius 1 is 1.09 bits per heavy atom. The van der Waals surface area contributed by atoms with Gasteiger partial charge < -0.3 is 15.4 Å². The number of aromatic nitrogens is 1. The van der Waals surface area contributed by atoms with E-state index in [1.54, 1.807) is 0 Å². The number of halogens is 1. The third kappa shape index (κ3) is 4.64. The number of carbonyl (C=O) groups excluding carboxylic acids is 1. The molecule has 0 unspecified atom stereocenters. The number of nitro groups is 1. The minimum absolute atomic E-state index is 0.0257. The van der Waals surface area contributed by atoms with E-state index >= 15 is 0 Å². The number of phenolic OH excluding ortho intramolecular Hbond substituents is 1. The van der Waals surface area contributed by atoms with Crippen LogP contribution < -0.4 is 10.7 Å². The molecule has 0 bridgehead atoms. The number of anilines is 1. The number of amides is 1. The third-order valence-corrected chi connectivity index (χ3v) is 6.07. The van der Waals surface area contributed by atoms with E-state index < -0.39 is 21.9 Å². The van der Waals surface area contributed by atoms with Crippen molar-refractivity contribution in [3.05, 3.63) is 72.0 Å². The molecule has 0 saturated carbocycles. The van der Waals surface area contributed by atoms with Gasteiger partial charge in [-0.05, 0) is 50.0 Å². The molecule has 3 aromatic rings. The van der Waals surface area contributed by atoms with Gasteiger partial charge in [-0.15, -0.1) is 0 Å². The maximum atomic E-state index is 13.1. The number of phenols is 1. The van der Waals surface area contributed by atoms with Crippen molar-refractivity contribution >= 4 is 44.1 Å². The molecule has 3 N–H and O–H groups in total. The molecular weight excluding hydrogens is 490 g/mol. The van der Waals surface area contributed by atoms with E-state index in [1.165, 1.54) is 24.4 Å². The lowest BCUT2D eigenvalue weighted by molar-refractivity contribution is -0.383. The second kappa shape index (κ2) is 8.30. The van der Waals surface area contributed by atoms with Crippen LogP contribution in [0.2, 0.25) is 0 Å². The second-order valence-corrected chi connectivity index (χ2v) is 10.8. The van der Waals surface area contributed by atoms with Crippen LogP contribution >= 0.6 is 15.9 Å². The molecular formula is C24H26BrN3O5. The molecule has 2 aromatic carbocycles. The van der Waals surface area contributed by atoms with Gasteiger partial charge in [0.05, 0.1) is 10.4 Å². The first-order valence-electron chi connectivity index (χ1n) is 10.3. The number of aromatic amines is 1. The number of non-ortho nitro benzene ring substituents is 1. The van der Waals surface area contributed by atoms with Gasteiger partial charge in [-0.25, -0.2) is 0 Å². The van der Waals surface area contributed by atoms with Crippen molar-refractivity contribution < 1.29 is 14.8 Å². The largest absolute Gasteiger partial charge is 0.508 e. The molecule has 3 rings (SSSR count). The molecule has 0 aliphatic carbocycles. The Bertz CT molecular complexity index is 1350. The zero-order chi connectivity index (χ0) is 24.9. The lowest BCUT2D eigenvalue weighted by atomic mass is 9.79. The monoisotopic (exact) mass is 515 g/mol. The summed E-state index contributed by atoms with van der Waals surface area (Å²) in [5, 5.41) is 24.6. The molecule has 1 heterocycles. The number of carbonyl (C=O) groups is 1. The number of pyridine rings is 1. The Balaban J connectivity index is 2.16. The number of nitrogens with zero attached hydrogens (tertiary/aromatic N) is 1. The number of nitrogens with one attached hydrogen (secondary N) is 2. The number of benzene rings is 2. The van der Waals surface area contributed by atoms with Crippen molar-refractivity contribution in [1.29, 1.82) is 0 Å². The molecule has 0 saturated heterocycles. The van der Waals surface area contributed by atoms with Gasteiger partial charge in [0, 0.05) is 28.5 Å². The van der Waals surface area contributed by atoms with E-state index in [2.05, 4.69) is 26.2 Å². The van der Waals surface area contributed by atoms with Crippen molar-refractivity contribution in [2.75, 3.05) is 5.32 Å². The summed E-state index contributed by atoms with van der Waals surface area (Å²) >= 11 is 3.27. The van der Waals surface area contributed by atoms with E-state index in [9.17, 15) is 24.8 Å². The Labute approximate surface area is 199 Å². The normalized spacial score (nSPS) is 12.1. The van der Waals surface area contributed by atoms with Gasteiger partial charge in [-0.2, -0.15) is 0 Å². The fraction of sp³-hybridized carbons (Fsp3) is 0.333. The molecule has 0 aliphatic heterocycles. The van der Waals surface area contributed by atoms with Crippen LogP contribution in [-0.4, -0.2) is 20.9 Å².